The summed E-state index contributed by atoms with van der Waals surface area (Å²) in [6, 6.07) is 1.77. The number of hydrogen-bond acceptors (Lipinski definition) is 2. The van der Waals surface area contributed by atoms with E-state index < -0.39 is 6.10 Å². The third-order valence-electron chi connectivity index (χ3n) is 1.98. The molecule has 0 saturated carbocycles. The molecule has 74 valence electrons. The van der Waals surface area contributed by atoms with Gasteiger partial charge in [0.15, 0.2) is 5.65 Å². The molecule has 1 unspecified atom stereocenters. The van der Waals surface area contributed by atoms with Crippen molar-refractivity contribution >= 4 is 33.2 Å². The molecule has 0 amide bonds. The Morgan fingerprint density at radius 1 is 1.64 bits per heavy atom. The average Bonchev–Trinajstić information content (AvgIpc) is 2.47. The van der Waals surface area contributed by atoms with Crippen molar-refractivity contribution < 1.29 is 5.11 Å². The van der Waals surface area contributed by atoms with Gasteiger partial charge in [-0.05, 0) is 28.9 Å². The van der Waals surface area contributed by atoms with Crippen molar-refractivity contribution in [2.24, 2.45) is 0 Å². The van der Waals surface area contributed by atoms with Crippen LogP contribution >= 0.6 is 27.5 Å². The second-order valence-corrected chi connectivity index (χ2v) is 4.35. The Hall–Kier alpha value is -0.580. The van der Waals surface area contributed by atoms with Crippen molar-refractivity contribution in [3.8, 4) is 0 Å². The van der Waals surface area contributed by atoms with Gasteiger partial charge in [-0.25, -0.2) is 4.98 Å². The summed E-state index contributed by atoms with van der Waals surface area (Å²) in [4.78, 5) is 4.18. The summed E-state index contributed by atoms with van der Waals surface area (Å²) >= 11 is 9.26. The first-order chi connectivity index (χ1) is 6.59. The number of pyridine rings is 1. The lowest BCUT2D eigenvalue weighted by molar-refractivity contribution is 0.193. The molecule has 2 heterocycles. The molecule has 0 spiro atoms. The molecule has 0 aliphatic rings. The highest BCUT2D eigenvalue weighted by Crippen LogP contribution is 2.24. The number of aromatic nitrogens is 2. The summed E-state index contributed by atoms with van der Waals surface area (Å²) in [5.74, 6) is 0. The summed E-state index contributed by atoms with van der Waals surface area (Å²) in [7, 11) is 0. The van der Waals surface area contributed by atoms with Crippen LogP contribution in [0.1, 0.15) is 18.7 Å². The Kier molecular flexibility index (Phi) is 2.51. The highest BCUT2D eigenvalue weighted by molar-refractivity contribution is 9.10. The lowest BCUT2D eigenvalue weighted by Gasteiger charge is -2.05. The van der Waals surface area contributed by atoms with Gasteiger partial charge in [0, 0.05) is 6.20 Å². The van der Waals surface area contributed by atoms with Crippen molar-refractivity contribution in [1.29, 1.82) is 0 Å². The zero-order valence-corrected chi connectivity index (χ0v) is 9.75. The maximum atomic E-state index is 9.47. The second kappa shape index (κ2) is 3.53. The van der Waals surface area contributed by atoms with Gasteiger partial charge in [-0.3, -0.25) is 4.40 Å². The van der Waals surface area contributed by atoms with Crippen LogP contribution in [0.2, 0.25) is 5.02 Å². The molecule has 5 heteroatoms. The van der Waals surface area contributed by atoms with Gasteiger partial charge in [0.1, 0.15) is 0 Å². The van der Waals surface area contributed by atoms with Crippen LogP contribution in [-0.4, -0.2) is 14.5 Å². The molecule has 0 saturated heterocycles. The Morgan fingerprint density at radius 2 is 2.36 bits per heavy atom. The quantitative estimate of drug-likeness (QED) is 0.869. The molecule has 1 N–H and O–H groups in total. The van der Waals surface area contributed by atoms with Crippen LogP contribution in [0.25, 0.3) is 5.65 Å². The van der Waals surface area contributed by atoms with E-state index in [0.717, 1.165) is 15.8 Å². The van der Waals surface area contributed by atoms with E-state index in [1.54, 1.807) is 29.8 Å². The van der Waals surface area contributed by atoms with E-state index >= 15 is 0 Å². The maximum Gasteiger partial charge on any atom is 0.151 e. The standard InChI is InChI=1S/C9H8BrClN2O/c1-5(14)8-3-12-9-7(10)2-6(11)4-13(8)9/h2-5,14H,1H3. The molecule has 0 aliphatic carbocycles. The molecule has 0 aromatic carbocycles. The first kappa shape index (κ1) is 9.96. The third-order valence-corrected chi connectivity index (χ3v) is 2.77. The van der Waals surface area contributed by atoms with Gasteiger partial charge in [-0.1, -0.05) is 11.6 Å². The summed E-state index contributed by atoms with van der Waals surface area (Å²) < 4.78 is 2.59. The summed E-state index contributed by atoms with van der Waals surface area (Å²) in [6.07, 6.45) is 2.81. The van der Waals surface area contributed by atoms with Crippen LogP contribution in [0.15, 0.2) is 22.9 Å². The van der Waals surface area contributed by atoms with E-state index in [1.165, 1.54) is 0 Å². The number of fused-ring (bicyclic) bond motifs is 1. The third kappa shape index (κ3) is 1.54. The first-order valence-electron chi connectivity index (χ1n) is 4.09. The minimum Gasteiger partial charge on any atom is -0.387 e. The number of nitrogens with zero attached hydrogens (tertiary/aromatic N) is 2. The molecule has 1 atom stereocenters. The van der Waals surface area contributed by atoms with Crippen LogP contribution in [0, 0.1) is 0 Å². The molecule has 3 nitrogen and oxygen atoms in total. The molecule has 0 aliphatic heterocycles. The van der Waals surface area contributed by atoms with Gasteiger partial charge < -0.3 is 5.11 Å². The van der Waals surface area contributed by atoms with E-state index in [4.69, 9.17) is 11.6 Å². The lowest BCUT2D eigenvalue weighted by Crippen LogP contribution is -1.97. The molecular weight excluding hydrogens is 267 g/mol. The monoisotopic (exact) mass is 274 g/mol. The number of halogens is 2. The van der Waals surface area contributed by atoms with Gasteiger partial charge >= 0.3 is 0 Å². The van der Waals surface area contributed by atoms with E-state index in [2.05, 4.69) is 20.9 Å². The fourth-order valence-corrected chi connectivity index (χ4v) is 2.22. The number of hydrogen-bond donors (Lipinski definition) is 1. The van der Waals surface area contributed by atoms with Crippen molar-refractivity contribution in [3.63, 3.8) is 0 Å². The van der Waals surface area contributed by atoms with E-state index in [0.29, 0.717) is 5.02 Å². The Balaban J connectivity index is 2.78. The Labute approximate surface area is 94.5 Å². The number of aliphatic hydroxyl groups excluding tert-OH is 1. The Bertz CT molecular complexity index is 481. The normalized spacial score (nSPS) is 13.4. The highest BCUT2D eigenvalue weighted by atomic mass is 79.9. The van der Waals surface area contributed by atoms with Gasteiger partial charge in [0.05, 0.1) is 27.5 Å². The molecule has 14 heavy (non-hydrogen) atoms. The van der Waals surface area contributed by atoms with Crippen molar-refractivity contribution in [2.75, 3.05) is 0 Å². The second-order valence-electron chi connectivity index (χ2n) is 3.06. The predicted molar refractivity (Wildman–Crippen MR) is 58.5 cm³/mol. The SMILES string of the molecule is CC(O)c1cnc2c(Br)cc(Cl)cn12. The molecule has 2 rings (SSSR count). The van der Waals surface area contributed by atoms with Crippen LogP contribution in [0.5, 0.6) is 0 Å². The Morgan fingerprint density at radius 3 is 3.00 bits per heavy atom. The largest absolute Gasteiger partial charge is 0.387 e. The van der Waals surface area contributed by atoms with Crippen molar-refractivity contribution in [3.05, 3.63) is 33.6 Å². The van der Waals surface area contributed by atoms with Crippen molar-refractivity contribution in [2.45, 2.75) is 13.0 Å². The van der Waals surface area contributed by atoms with Crippen LogP contribution in [0.4, 0.5) is 0 Å². The van der Waals surface area contributed by atoms with Gasteiger partial charge in [-0.15, -0.1) is 0 Å². The fraction of sp³-hybridized carbons (Fsp3) is 0.222. The zero-order chi connectivity index (χ0) is 10.3. The van der Waals surface area contributed by atoms with E-state index in [1.807, 2.05) is 0 Å². The first-order valence-corrected chi connectivity index (χ1v) is 5.27. The number of rotatable bonds is 1. The molecule has 0 bridgehead atoms. The molecule has 2 aromatic heterocycles. The van der Waals surface area contributed by atoms with Crippen LogP contribution in [-0.2, 0) is 0 Å². The van der Waals surface area contributed by atoms with Gasteiger partial charge in [0.2, 0.25) is 0 Å². The van der Waals surface area contributed by atoms with Crippen LogP contribution in [0.3, 0.4) is 0 Å². The summed E-state index contributed by atoms with van der Waals surface area (Å²) in [5, 5.41) is 10.1. The fourth-order valence-electron chi connectivity index (χ4n) is 1.34. The van der Waals surface area contributed by atoms with Crippen LogP contribution < -0.4 is 0 Å². The van der Waals surface area contributed by atoms with Gasteiger partial charge in [0.25, 0.3) is 0 Å². The predicted octanol–water partition coefficient (Wildman–Crippen LogP) is 2.80. The summed E-state index contributed by atoms with van der Waals surface area (Å²) in [6.45, 7) is 1.69. The lowest BCUT2D eigenvalue weighted by atomic mass is 10.3. The highest BCUT2D eigenvalue weighted by Gasteiger charge is 2.10. The molecule has 2 aromatic rings. The molecule has 0 radical (unpaired) electrons. The van der Waals surface area contributed by atoms with E-state index in [9.17, 15) is 5.11 Å². The van der Waals surface area contributed by atoms with Gasteiger partial charge in [-0.2, -0.15) is 0 Å². The maximum absolute atomic E-state index is 9.47. The van der Waals surface area contributed by atoms with E-state index in [-0.39, 0.29) is 0 Å². The molecule has 0 fully saturated rings. The zero-order valence-electron chi connectivity index (χ0n) is 7.41. The van der Waals surface area contributed by atoms with Crippen molar-refractivity contribution in [1.82, 2.24) is 9.38 Å². The topological polar surface area (TPSA) is 37.5 Å². The number of imidazole rings is 1. The average molecular weight is 276 g/mol. The minimum absolute atomic E-state index is 0.560. The summed E-state index contributed by atoms with van der Waals surface area (Å²) in [5.41, 5.74) is 1.48. The molecular formula is C9H8BrClN2O. The minimum atomic E-state index is -0.560. The number of aliphatic hydroxyl groups is 1. The smallest absolute Gasteiger partial charge is 0.151 e.